The fourth-order valence-corrected chi connectivity index (χ4v) is 6.81. The number of hydrogen-bond donors (Lipinski definition) is 3. The number of amides is 1. The summed E-state index contributed by atoms with van der Waals surface area (Å²) >= 11 is 0. The van der Waals surface area contributed by atoms with Crippen molar-refractivity contribution in [2.24, 2.45) is 5.73 Å². The number of carbonyl (C=O) groups excluding carboxylic acids is 2. The van der Waals surface area contributed by atoms with E-state index in [9.17, 15) is 19.5 Å². The van der Waals surface area contributed by atoms with E-state index < -0.39 is 12.0 Å². The van der Waals surface area contributed by atoms with Crippen LogP contribution in [0.25, 0.3) is 0 Å². The minimum atomic E-state index is -1.01. The van der Waals surface area contributed by atoms with Gasteiger partial charge >= 0.3 is 11.9 Å². The van der Waals surface area contributed by atoms with Crippen LogP contribution in [0.3, 0.4) is 0 Å². The van der Waals surface area contributed by atoms with Crippen molar-refractivity contribution in [1.82, 2.24) is 5.32 Å². The molecule has 60 heavy (non-hydrogen) atoms. The molecule has 0 aliphatic rings. The molecule has 2 atom stereocenters. The zero-order valence-corrected chi connectivity index (χ0v) is 38.5. The second kappa shape index (κ2) is 46.6. The number of allylic oxidation sites excluding steroid dienone is 14. The Labute approximate surface area is 368 Å². The maximum atomic E-state index is 12.8. The molecule has 2 unspecified atom stereocenters. The number of carbonyl (C=O) groups is 3. The van der Waals surface area contributed by atoms with Crippen LogP contribution in [0.2, 0.25) is 0 Å². The van der Waals surface area contributed by atoms with E-state index in [0.717, 1.165) is 122 Å². The second-order valence-electron chi connectivity index (χ2n) is 16.1. The minimum Gasteiger partial charge on any atom is -0.480 e. The number of rotatable bonds is 43. The lowest BCUT2D eigenvalue weighted by Gasteiger charge is -2.18. The van der Waals surface area contributed by atoms with Crippen LogP contribution < -0.4 is 11.1 Å². The van der Waals surface area contributed by atoms with Crippen LogP contribution in [-0.4, -0.2) is 41.6 Å². The summed E-state index contributed by atoms with van der Waals surface area (Å²) in [7, 11) is 0. The van der Waals surface area contributed by atoms with Crippen molar-refractivity contribution in [3.63, 3.8) is 0 Å². The summed E-state index contributed by atoms with van der Waals surface area (Å²) in [5.41, 5.74) is 5.49. The number of carboxylic acids is 1. The summed E-state index contributed by atoms with van der Waals surface area (Å²) in [4.78, 5) is 36.5. The van der Waals surface area contributed by atoms with Gasteiger partial charge in [-0.2, -0.15) is 0 Å². The predicted octanol–water partition coefficient (Wildman–Crippen LogP) is 14.5. The topological polar surface area (TPSA) is 119 Å². The average molecular weight is 835 g/mol. The van der Waals surface area contributed by atoms with Crippen molar-refractivity contribution in [2.45, 2.75) is 225 Å². The lowest BCUT2D eigenvalue weighted by molar-refractivity contribution is -0.150. The normalized spacial score (nSPS) is 13.4. The number of esters is 1. The number of aliphatic carboxylic acids is 1. The van der Waals surface area contributed by atoms with Crippen molar-refractivity contribution in [1.29, 1.82) is 0 Å². The molecule has 0 aromatic carbocycles. The van der Waals surface area contributed by atoms with Gasteiger partial charge in [0.15, 0.2) is 0 Å². The van der Waals surface area contributed by atoms with Gasteiger partial charge in [0, 0.05) is 12.8 Å². The maximum absolute atomic E-state index is 12.8. The monoisotopic (exact) mass is 835 g/mol. The van der Waals surface area contributed by atoms with E-state index in [1.807, 2.05) is 0 Å². The van der Waals surface area contributed by atoms with E-state index in [-0.39, 0.29) is 18.0 Å². The van der Waals surface area contributed by atoms with Gasteiger partial charge in [-0.3, -0.25) is 9.59 Å². The van der Waals surface area contributed by atoms with Crippen molar-refractivity contribution < 1.29 is 24.2 Å². The zero-order chi connectivity index (χ0) is 43.8. The van der Waals surface area contributed by atoms with Gasteiger partial charge in [-0.25, -0.2) is 4.79 Å². The first-order valence-electron chi connectivity index (χ1n) is 24.4. The Morgan fingerprint density at radius 2 is 0.933 bits per heavy atom. The summed E-state index contributed by atoms with van der Waals surface area (Å²) < 4.78 is 6.03. The van der Waals surface area contributed by atoms with E-state index in [2.05, 4.69) is 104 Å². The van der Waals surface area contributed by atoms with E-state index in [1.54, 1.807) is 0 Å². The molecule has 7 nitrogen and oxygen atoms in total. The molecule has 0 saturated heterocycles. The Kier molecular flexibility index (Phi) is 43.9. The van der Waals surface area contributed by atoms with Crippen LogP contribution in [0, 0.1) is 0 Å². The number of carboxylic acid groups (broad SMARTS) is 1. The van der Waals surface area contributed by atoms with Gasteiger partial charge in [0.2, 0.25) is 5.91 Å². The third kappa shape index (κ3) is 42.7. The number of nitrogens with two attached hydrogens (primary N) is 1. The Morgan fingerprint density at radius 1 is 0.500 bits per heavy atom. The Bertz CT molecular complexity index is 1210. The first kappa shape index (κ1) is 56.5. The third-order valence-corrected chi connectivity index (χ3v) is 10.4. The fraction of sp³-hybridized carbons (Fsp3) is 0.679. The summed E-state index contributed by atoms with van der Waals surface area (Å²) in [5, 5.41) is 12.0. The van der Waals surface area contributed by atoms with E-state index >= 15 is 0 Å². The summed E-state index contributed by atoms with van der Waals surface area (Å²) in [6.07, 6.45) is 62.0. The van der Waals surface area contributed by atoms with Crippen LogP contribution in [0.15, 0.2) is 85.1 Å². The van der Waals surface area contributed by atoms with Crippen molar-refractivity contribution in [3.8, 4) is 0 Å². The predicted molar refractivity (Wildman–Crippen MR) is 257 cm³/mol. The zero-order valence-electron chi connectivity index (χ0n) is 38.5. The van der Waals surface area contributed by atoms with Crippen LogP contribution in [0.1, 0.15) is 213 Å². The summed E-state index contributed by atoms with van der Waals surface area (Å²) in [6.45, 7) is 4.83. The first-order valence-corrected chi connectivity index (χ1v) is 24.4. The highest BCUT2D eigenvalue weighted by molar-refractivity contribution is 5.83. The highest BCUT2D eigenvalue weighted by Gasteiger charge is 2.19. The highest BCUT2D eigenvalue weighted by atomic mass is 16.5. The minimum absolute atomic E-state index is 0.0470. The summed E-state index contributed by atoms with van der Waals surface area (Å²) in [6, 6.07) is -0.867. The smallest absolute Gasteiger partial charge is 0.326 e. The summed E-state index contributed by atoms with van der Waals surface area (Å²) in [5.74, 6) is -1.30. The van der Waals surface area contributed by atoms with Crippen molar-refractivity contribution in [3.05, 3.63) is 85.1 Å². The largest absolute Gasteiger partial charge is 0.480 e. The van der Waals surface area contributed by atoms with Crippen molar-refractivity contribution in [2.75, 3.05) is 6.54 Å². The second-order valence-corrected chi connectivity index (χ2v) is 16.1. The molecule has 0 bridgehead atoms. The molecule has 0 aromatic heterocycles. The van der Waals surface area contributed by atoms with Crippen molar-refractivity contribution >= 4 is 17.8 Å². The van der Waals surface area contributed by atoms with E-state index in [0.29, 0.717) is 32.2 Å². The first-order chi connectivity index (χ1) is 29.4. The Balaban J connectivity index is 4.43. The van der Waals surface area contributed by atoms with Gasteiger partial charge in [0.25, 0.3) is 0 Å². The van der Waals surface area contributed by atoms with Gasteiger partial charge in [0.05, 0.1) is 0 Å². The van der Waals surface area contributed by atoms with Crippen LogP contribution in [0.4, 0.5) is 0 Å². The maximum Gasteiger partial charge on any atom is 0.326 e. The molecule has 342 valence electrons. The molecule has 0 saturated carbocycles. The molecular weight excluding hydrogens is 745 g/mol. The quantitative estimate of drug-likeness (QED) is 0.0320. The van der Waals surface area contributed by atoms with Crippen LogP contribution in [0.5, 0.6) is 0 Å². The average Bonchev–Trinajstić information content (AvgIpc) is 3.23. The molecule has 0 heterocycles. The third-order valence-electron chi connectivity index (χ3n) is 10.4. The van der Waals surface area contributed by atoms with Crippen LogP contribution >= 0.6 is 0 Å². The molecule has 0 aromatic rings. The lowest BCUT2D eigenvalue weighted by atomic mass is 10.0. The van der Waals surface area contributed by atoms with Gasteiger partial charge in [-0.05, 0) is 129 Å². The molecule has 0 radical (unpaired) electrons. The molecule has 1 amide bonds. The lowest BCUT2D eigenvalue weighted by Crippen LogP contribution is -2.40. The molecule has 0 aliphatic carbocycles. The highest BCUT2D eigenvalue weighted by Crippen LogP contribution is 2.18. The molecule has 0 rings (SSSR count). The molecule has 0 fully saturated rings. The van der Waals surface area contributed by atoms with Gasteiger partial charge < -0.3 is 20.9 Å². The van der Waals surface area contributed by atoms with Gasteiger partial charge in [0.1, 0.15) is 12.1 Å². The van der Waals surface area contributed by atoms with E-state index in [4.69, 9.17) is 10.5 Å². The molecule has 0 aliphatic heterocycles. The molecule has 7 heteroatoms. The van der Waals surface area contributed by atoms with E-state index in [1.165, 1.54) is 51.4 Å². The molecule has 4 N–H and O–H groups in total. The number of unbranched alkanes of at least 4 members (excludes halogenated alkanes) is 15. The molecule has 0 spiro atoms. The fourth-order valence-electron chi connectivity index (χ4n) is 6.81. The van der Waals surface area contributed by atoms with Crippen LogP contribution in [-0.2, 0) is 19.1 Å². The molecular formula is C53H90N2O5. The van der Waals surface area contributed by atoms with Gasteiger partial charge in [-0.15, -0.1) is 0 Å². The Morgan fingerprint density at radius 3 is 1.48 bits per heavy atom. The number of hydrogen-bond acceptors (Lipinski definition) is 5. The number of nitrogens with one attached hydrogen (secondary N) is 1. The number of ether oxygens (including phenoxy) is 1. The SMILES string of the molecule is CC/C=C\C/C=C\C/C=C\C/C=C\C/C=C\C/C=C\CCCCC(=O)OC(CCC/C=C\CCCCCCCCCC)CCCCCCCC(=O)NC(CCCN)C(=O)O. The standard InChI is InChI=1S/C53H90N2O5/c1-3-5-7-9-11-13-15-17-18-19-20-21-22-23-24-26-28-30-32-37-41-47-52(57)60-49(43-38-34-31-29-27-25-16-14-12-10-8-6-4-2)44-39-35-33-36-40-46-51(56)55-50(53(58)59)45-42-48-54/h5,7,11,13,17-18,20-21,23-24,28-31,49-50H,3-4,6,8-10,12,14-16,19,22,25-27,32-48,54H2,1-2H3,(H,55,56)(H,58,59)/b7-5-,13-11-,18-17-,21-20-,24-23-,30-28-,31-29-. The Hall–Kier alpha value is -3.45. The van der Waals surface area contributed by atoms with Gasteiger partial charge in [-0.1, -0.05) is 163 Å².